The second-order valence-corrected chi connectivity index (χ2v) is 6.26. The van der Waals surface area contributed by atoms with Crippen molar-refractivity contribution >= 4 is 54.5 Å². The molecule has 5 nitrogen and oxygen atoms in total. The van der Waals surface area contributed by atoms with E-state index in [1.807, 2.05) is 18.7 Å². The fourth-order valence-corrected chi connectivity index (χ4v) is 2.87. The summed E-state index contributed by atoms with van der Waals surface area (Å²) in [5.74, 6) is 0.180. The number of nitrogens with two attached hydrogens (primary N) is 1. The van der Waals surface area contributed by atoms with Gasteiger partial charge in [-0.05, 0) is 13.8 Å². The molecule has 0 aromatic carbocycles. The largest absolute Gasteiger partial charge is 0.340 e. The van der Waals surface area contributed by atoms with Gasteiger partial charge in [0.05, 0.1) is 10.7 Å². The van der Waals surface area contributed by atoms with Gasteiger partial charge < -0.3 is 10.6 Å². The number of halogens is 3. The van der Waals surface area contributed by atoms with E-state index < -0.39 is 0 Å². The lowest BCUT2D eigenvalue weighted by atomic mass is 10.2. The van der Waals surface area contributed by atoms with E-state index in [2.05, 4.69) is 15.3 Å². The van der Waals surface area contributed by atoms with Crippen LogP contribution in [0.15, 0.2) is 5.38 Å². The normalized spacial score (nSPS) is 16.0. The first-order chi connectivity index (χ1) is 9.04. The molecule has 1 aromatic heterocycles. The number of carbonyl (C=O) groups excluding carboxylic acids is 1. The second kappa shape index (κ2) is 11.4. The van der Waals surface area contributed by atoms with Gasteiger partial charge in [-0.2, -0.15) is 0 Å². The van der Waals surface area contributed by atoms with Crippen LogP contribution in [0.4, 0.5) is 0 Å². The van der Waals surface area contributed by atoms with Crippen molar-refractivity contribution in [2.75, 3.05) is 26.2 Å². The van der Waals surface area contributed by atoms with Crippen LogP contribution in [0.1, 0.15) is 24.0 Å². The molecule has 1 aliphatic heterocycles. The number of piperazine rings is 1. The molecule has 1 aliphatic rings. The van der Waals surface area contributed by atoms with Crippen LogP contribution in [0, 0.1) is 6.92 Å². The molecule has 1 fully saturated rings. The molecule has 1 amide bonds. The topological polar surface area (TPSA) is 62.5 Å². The van der Waals surface area contributed by atoms with Crippen molar-refractivity contribution in [1.82, 2.24) is 14.8 Å². The Morgan fingerprint density at radius 2 is 1.91 bits per heavy atom. The molecule has 0 saturated carbocycles. The number of amides is 1. The van der Waals surface area contributed by atoms with E-state index in [9.17, 15) is 4.79 Å². The Morgan fingerprint density at radius 3 is 2.36 bits per heavy atom. The van der Waals surface area contributed by atoms with Gasteiger partial charge in [0.25, 0.3) is 0 Å². The highest BCUT2D eigenvalue weighted by Crippen LogP contribution is 2.12. The number of thiazole rings is 1. The predicted octanol–water partition coefficient (Wildman–Crippen LogP) is 2.10. The van der Waals surface area contributed by atoms with Crippen LogP contribution in [0.3, 0.4) is 0 Å². The lowest BCUT2D eigenvalue weighted by Gasteiger charge is -2.34. The number of rotatable bonds is 4. The highest BCUT2D eigenvalue weighted by molar-refractivity contribution is 7.09. The van der Waals surface area contributed by atoms with E-state index in [0.717, 1.165) is 43.4 Å². The fourth-order valence-electron chi connectivity index (χ4n) is 2.27. The minimum absolute atomic E-state index is 0. The zero-order chi connectivity index (χ0) is 13.8. The third kappa shape index (κ3) is 7.44. The van der Waals surface area contributed by atoms with Crippen LogP contribution in [0.25, 0.3) is 0 Å². The van der Waals surface area contributed by atoms with E-state index in [1.165, 1.54) is 0 Å². The molecular formula is C13H25Cl3N4OS. The van der Waals surface area contributed by atoms with Gasteiger partial charge in [-0.25, -0.2) is 4.98 Å². The number of hydrogen-bond acceptors (Lipinski definition) is 5. The van der Waals surface area contributed by atoms with Gasteiger partial charge in [0.1, 0.15) is 0 Å². The number of carbonyl (C=O) groups is 1. The maximum atomic E-state index is 11.9. The summed E-state index contributed by atoms with van der Waals surface area (Å²) in [6.45, 7) is 8.23. The average molecular weight is 392 g/mol. The van der Waals surface area contributed by atoms with Crippen molar-refractivity contribution in [3.8, 4) is 0 Å². The first-order valence-electron chi connectivity index (χ1n) is 6.71. The quantitative estimate of drug-likeness (QED) is 0.853. The van der Waals surface area contributed by atoms with Crippen molar-refractivity contribution < 1.29 is 4.79 Å². The summed E-state index contributed by atoms with van der Waals surface area (Å²) in [5.41, 5.74) is 6.80. The van der Waals surface area contributed by atoms with Gasteiger partial charge in [0.15, 0.2) is 0 Å². The molecule has 2 N–H and O–H groups in total. The Hall–Kier alpha value is -0.110. The fraction of sp³-hybridized carbons (Fsp3) is 0.692. The summed E-state index contributed by atoms with van der Waals surface area (Å²) in [6.07, 6.45) is 0.450. The summed E-state index contributed by atoms with van der Waals surface area (Å²) >= 11 is 1.69. The van der Waals surface area contributed by atoms with Gasteiger partial charge in [-0.1, -0.05) is 0 Å². The number of aryl methyl sites for hydroxylation is 1. The molecule has 1 unspecified atom stereocenters. The number of hydrogen-bond donors (Lipinski definition) is 1. The predicted molar refractivity (Wildman–Crippen MR) is 98.7 cm³/mol. The molecule has 1 saturated heterocycles. The Balaban J connectivity index is 0. The molecule has 0 radical (unpaired) electrons. The number of aromatic nitrogens is 1. The van der Waals surface area contributed by atoms with Crippen LogP contribution in [0.2, 0.25) is 0 Å². The van der Waals surface area contributed by atoms with Crippen LogP contribution in [-0.4, -0.2) is 52.9 Å². The van der Waals surface area contributed by atoms with Crippen molar-refractivity contribution in [3.63, 3.8) is 0 Å². The molecule has 9 heteroatoms. The molecule has 0 bridgehead atoms. The molecule has 2 rings (SSSR count). The van der Waals surface area contributed by atoms with E-state index in [-0.39, 0.29) is 49.2 Å². The maximum Gasteiger partial charge on any atom is 0.224 e. The molecule has 22 heavy (non-hydrogen) atoms. The highest BCUT2D eigenvalue weighted by Gasteiger charge is 2.21. The molecule has 1 atom stereocenters. The van der Waals surface area contributed by atoms with E-state index in [4.69, 9.17) is 5.73 Å². The summed E-state index contributed by atoms with van der Waals surface area (Å²) < 4.78 is 0. The standard InChI is InChI=1S/C13H22N4OS.3ClH/c1-10(14)7-13(18)17-5-3-16(4-6-17)8-12-9-19-11(2)15-12;;;/h9-10H,3-8,14H2,1-2H3;3*1H. The Morgan fingerprint density at radius 1 is 1.32 bits per heavy atom. The Bertz CT molecular complexity index is 437. The average Bonchev–Trinajstić information content (AvgIpc) is 2.75. The zero-order valence-corrected chi connectivity index (χ0v) is 16.1. The van der Waals surface area contributed by atoms with E-state index in [1.54, 1.807) is 11.3 Å². The van der Waals surface area contributed by atoms with E-state index >= 15 is 0 Å². The molecule has 130 valence electrons. The Labute approximate surface area is 154 Å². The molecule has 0 spiro atoms. The summed E-state index contributed by atoms with van der Waals surface area (Å²) in [4.78, 5) is 20.6. The monoisotopic (exact) mass is 390 g/mol. The smallest absolute Gasteiger partial charge is 0.224 e. The summed E-state index contributed by atoms with van der Waals surface area (Å²) in [5, 5.41) is 3.23. The van der Waals surface area contributed by atoms with Gasteiger partial charge in [0, 0.05) is 50.6 Å². The van der Waals surface area contributed by atoms with Crippen LogP contribution in [0.5, 0.6) is 0 Å². The minimum atomic E-state index is -0.0523. The SMILES string of the molecule is Cc1nc(CN2CCN(C(=O)CC(C)N)CC2)cs1.Cl.Cl.Cl. The first-order valence-corrected chi connectivity index (χ1v) is 7.59. The highest BCUT2D eigenvalue weighted by atomic mass is 35.5. The van der Waals surface area contributed by atoms with E-state index in [0.29, 0.717) is 6.42 Å². The van der Waals surface area contributed by atoms with Gasteiger partial charge in [-0.15, -0.1) is 48.6 Å². The first kappa shape index (κ1) is 24.1. The van der Waals surface area contributed by atoms with Crippen molar-refractivity contribution in [2.24, 2.45) is 5.73 Å². The van der Waals surface area contributed by atoms with Crippen LogP contribution >= 0.6 is 48.6 Å². The van der Waals surface area contributed by atoms with Gasteiger partial charge >= 0.3 is 0 Å². The zero-order valence-electron chi connectivity index (χ0n) is 12.9. The third-order valence-electron chi connectivity index (χ3n) is 3.27. The number of nitrogens with zero attached hydrogens (tertiary/aromatic N) is 3. The van der Waals surface area contributed by atoms with Gasteiger partial charge in [0.2, 0.25) is 5.91 Å². The molecule has 0 aliphatic carbocycles. The van der Waals surface area contributed by atoms with Crippen LogP contribution < -0.4 is 5.73 Å². The van der Waals surface area contributed by atoms with Crippen molar-refractivity contribution in [2.45, 2.75) is 32.9 Å². The van der Waals surface area contributed by atoms with Gasteiger partial charge in [-0.3, -0.25) is 9.69 Å². The Kier molecular flexibility index (Phi) is 12.5. The maximum absolute atomic E-state index is 11.9. The van der Waals surface area contributed by atoms with Crippen molar-refractivity contribution in [3.05, 3.63) is 16.1 Å². The molecular weight excluding hydrogens is 367 g/mol. The lowest BCUT2D eigenvalue weighted by molar-refractivity contribution is -0.133. The molecule has 2 heterocycles. The third-order valence-corrected chi connectivity index (χ3v) is 4.10. The van der Waals surface area contributed by atoms with Crippen LogP contribution in [-0.2, 0) is 11.3 Å². The van der Waals surface area contributed by atoms with Crippen molar-refractivity contribution in [1.29, 1.82) is 0 Å². The summed E-state index contributed by atoms with van der Waals surface area (Å²) in [6, 6.07) is -0.0523. The second-order valence-electron chi connectivity index (χ2n) is 5.20. The molecule has 1 aromatic rings. The lowest BCUT2D eigenvalue weighted by Crippen LogP contribution is -2.49. The summed E-state index contributed by atoms with van der Waals surface area (Å²) in [7, 11) is 0. The minimum Gasteiger partial charge on any atom is -0.340 e.